The minimum atomic E-state index is -0.127. The Hall–Kier alpha value is -5.86. The molecule has 7 aromatic carbocycles. The molecule has 13 rings (SSSR count). The molecule has 0 unspecified atom stereocenters. The normalized spacial score (nSPS) is 18.8. The number of hydrogen-bond acceptors (Lipinski definition) is 1. The molecule has 5 aliphatic rings. The lowest BCUT2D eigenvalue weighted by Crippen LogP contribution is -2.17. The van der Waals surface area contributed by atoms with Gasteiger partial charge in [-0.3, -0.25) is 0 Å². The summed E-state index contributed by atoms with van der Waals surface area (Å²) in [6.45, 7) is 18.9. The van der Waals surface area contributed by atoms with Crippen LogP contribution in [0.2, 0.25) is 0 Å². The Kier molecular flexibility index (Phi) is 13.9. The summed E-state index contributed by atoms with van der Waals surface area (Å²) in [5.74, 6) is 2.03. The number of hydrogen-bond donors (Lipinski definition) is 0. The number of nitrogens with zero attached hydrogens (tertiary/aromatic N) is 2. The van der Waals surface area contributed by atoms with Crippen LogP contribution >= 0.6 is 0 Å². The average Bonchev–Trinajstić information content (AvgIpc) is 4.14. The summed E-state index contributed by atoms with van der Waals surface area (Å²) in [7, 11) is 0. The van der Waals surface area contributed by atoms with Crippen molar-refractivity contribution in [2.75, 3.05) is 4.90 Å². The first-order chi connectivity index (χ1) is 38.2. The zero-order valence-electron chi connectivity index (χ0n) is 49.5. The second kappa shape index (κ2) is 20.9. The fourth-order valence-corrected chi connectivity index (χ4v) is 16.0. The van der Waals surface area contributed by atoms with Crippen molar-refractivity contribution in [2.45, 2.75) is 224 Å². The van der Waals surface area contributed by atoms with Gasteiger partial charge < -0.3 is 9.47 Å². The molecule has 408 valence electrons. The van der Waals surface area contributed by atoms with Crippen molar-refractivity contribution in [1.82, 2.24) is 4.57 Å². The van der Waals surface area contributed by atoms with Gasteiger partial charge in [-0.2, -0.15) is 0 Å². The van der Waals surface area contributed by atoms with E-state index in [-0.39, 0.29) is 16.2 Å². The van der Waals surface area contributed by atoms with Crippen molar-refractivity contribution < 1.29 is 0 Å². The summed E-state index contributed by atoms with van der Waals surface area (Å²) in [4.78, 5) is 2.55. The van der Waals surface area contributed by atoms with Crippen molar-refractivity contribution in [3.63, 3.8) is 0 Å². The Morgan fingerprint density at radius 2 is 0.861 bits per heavy atom. The summed E-state index contributed by atoms with van der Waals surface area (Å²) in [6, 6.07) is 55.0. The summed E-state index contributed by atoms with van der Waals surface area (Å²) in [6.07, 6.45) is 27.0. The number of anilines is 3. The number of aromatic nitrogens is 1. The van der Waals surface area contributed by atoms with Gasteiger partial charge >= 0.3 is 0 Å². The summed E-state index contributed by atoms with van der Waals surface area (Å²) in [5, 5.41) is 2.78. The molecule has 8 aromatic rings. The zero-order chi connectivity index (χ0) is 54.2. The Morgan fingerprint density at radius 3 is 1.43 bits per heavy atom. The average molecular weight is 1040 g/mol. The summed E-state index contributed by atoms with van der Waals surface area (Å²) < 4.78 is 2.71. The maximum absolute atomic E-state index is 2.76. The minimum absolute atomic E-state index is 0.0803. The molecular weight excluding hydrogens is 953 g/mol. The lowest BCUT2D eigenvalue weighted by Gasteiger charge is -2.33. The van der Waals surface area contributed by atoms with E-state index in [1.807, 2.05) is 0 Å². The maximum Gasteiger partial charge on any atom is 0.0494 e. The van der Waals surface area contributed by atoms with Gasteiger partial charge in [-0.1, -0.05) is 205 Å². The highest BCUT2D eigenvalue weighted by molar-refractivity contribution is 6.10. The predicted octanol–water partition coefficient (Wildman–Crippen LogP) is 23.1. The molecule has 0 amide bonds. The lowest BCUT2D eigenvalue weighted by atomic mass is 9.72. The van der Waals surface area contributed by atoms with E-state index in [2.05, 4.69) is 198 Å². The third kappa shape index (κ3) is 9.82. The van der Waals surface area contributed by atoms with E-state index < -0.39 is 0 Å². The number of fused-ring (bicyclic) bond motifs is 6. The quantitative estimate of drug-likeness (QED) is 0.140. The van der Waals surface area contributed by atoms with Crippen LogP contribution in [-0.4, -0.2) is 4.57 Å². The molecule has 4 saturated carbocycles. The van der Waals surface area contributed by atoms with E-state index in [4.69, 9.17) is 0 Å². The maximum atomic E-state index is 2.76. The van der Waals surface area contributed by atoms with Gasteiger partial charge in [0.1, 0.15) is 0 Å². The van der Waals surface area contributed by atoms with Crippen LogP contribution < -0.4 is 4.90 Å². The van der Waals surface area contributed by atoms with Crippen LogP contribution in [0.15, 0.2) is 133 Å². The first kappa shape index (κ1) is 52.5. The van der Waals surface area contributed by atoms with Crippen molar-refractivity contribution in [3.8, 4) is 33.4 Å². The Balaban J connectivity index is 0.929. The second-order valence-electron chi connectivity index (χ2n) is 28.2. The van der Waals surface area contributed by atoms with Gasteiger partial charge in [0.05, 0.1) is 0 Å². The Bertz CT molecular complexity index is 3470. The molecule has 0 radical (unpaired) electrons. The van der Waals surface area contributed by atoms with Crippen molar-refractivity contribution in [3.05, 3.63) is 172 Å². The van der Waals surface area contributed by atoms with E-state index in [0.29, 0.717) is 17.9 Å². The Labute approximate surface area is 475 Å². The first-order valence-corrected chi connectivity index (χ1v) is 31.8. The molecule has 79 heavy (non-hydrogen) atoms. The molecule has 2 heteroatoms. The van der Waals surface area contributed by atoms with E-state index in [1.54, 1.807) is 22.3 Å². The third-order valence-corrected chi connectivity index (χ3v) is 20.7. The van der Waals surface area contributed by atoms with Gasteiger partial charge in [0, 0.05) is 50.3 Å². The SMILES string of the molecule is CC(C)(C)c1ccc2c(c1)-c1ccc(N(c3ccc(-c4ccc5c(c4)c4cc(C(C)(C)C)ccc4n5C4CCCCC4)cc3)c3ccc(-c4c(C5CCCCC5)cc(C5CCCCC5)cc4C4CCCCC4)cc3)cc1C2(C)C. The minimum Gasteiger partial charge on any atom is -0.337 e. The first-order valence-electron chi connectivity index (χ1n) is 31.8. The van der Waals surface area contributed by atoms with Gasteiger partial charge in [-0.25, -0.2) is 0 Å². The van der Waals surface area contributed by atoms with Crippen molar-refractivity contribution in [2.24, 2.45) is 0 Å². The fraction of sp³-hybridized carbons (Fsp3) is 0.455. The molecule has 0 spiro atoms. The van der Waals surface area contributed by atoms with E-state index in [9.17, 15) is 0 Å². The molecule has 0 saturated heterocycles. The number of rotatable bonds is 9. The largest absolute Gasteiger partial charge is 0.337 e. The van der Waals surface area contributed by atoms with Crippen molar-refractivity contribution >= 4 is 38.9 Å². The van der Waals surface area contributed by atoms with Crippen LogP contribution in [0.3, 0.4) is 0 Å². The van der Waals surface area contributed by atoms with Crippen LogP contribution in [0.5, 0.6) is 0 Å². The molecule has 0 atom stereocenters. The summed E-state index contributed by atoms with van der Waals surface area (Å²) >= 11 is 0. The number of benzene rings is 7. The summed E-state index contributed by atoms with van der Waals surface area (Å²) in [5.41, 5.74) is 25.4. The lowest BCUT2D eigenvalue weighted by molar-refractivity contribution is 0.367. The molecule has 0 N–H and O–H groups in total. The van der Waals surface area contributed by atoms with Crippen LogP contribution in [0.1, 0.15) is 247 Å². The smallest absolute Gasteiger partial charge is 0.0494 e. The van der Waals surface area contributed by atoms with Gasteiger partial charge in [-0.15, -0.1) is 0 Å². The van der Waals surface area contributed by atoms with Crippen molar-refractivity contribution in [1.29, 1.82) is 0 Å². The molecule has 0 bridgehead atoms. The highest BCUT2D eigenvalue weighted by Crippen LogP contribution is 2.53. The van der Waals surface area contributed by atoms with E-state index in [0.717, 1.165) is 5.92 Å². The topological polar surface area (TPSA) is 8.17 Å². The van der Waals surface area contributed by atoms with Crippen LogP contribution in [0, 0.1) is 0 Å². The highest BCUT2D eigenvalue weighted by atomic mass is 15.1. The zero-order valence-corrected chi connectivity index (χ0v) is 49.5. The van der Waals surface area contributed by atoms with Crippen LogP contribution in [0.25, 0.3) is 55.2 Å². The van der Waals surface area contributed by atoms with Gasteiger partial charge in [0.2, 0.25) is 0 Å². The second-order valence-corrected chi connectivity index (χ2v) is 28.2. The third-order valence-electron chi connectivity index (χ3n) is 20.7. The molecule has 0 aliphatic heterocycles. The van der Waals surface area contributed by atoms with Gasteiger partial charge in [0.25, 0.3) is 0 Å². The molecule has 2 nitrogen and oxygen atoms in total. The molecule has 1 heterocycles. The molecule has 5 aliphatic carbocycles. The Morgan fingerprint density at radius 1 is 0.392 bits per heavy atom. The van der Waals surface area contributed by atoms with E-state index >= 15 is 0 Å². The predicted molar refractivity (Wildman–Crippen MR) is 340 cm³/mol. The standard InChI is InChI=1S/C77H90N2/c1-75(2,3)58-34-42-70-67(48-58)64-41-40-63(50-71(64)77(70,7)8)78(61-36-29-52(30-37-61)56-33-43-72-68(45-56)69-49-59(76(4,5)6)35-44-73(69)79(72)60-27-19-12-20-28-60)62-38-31-55(32-39-62)74-65(53-23-15-10-16-24-53)46-57(51-21-13-9-14-22-51)47-66(74)54-25-17-11-18-26-54/h29-51,53-54,60H,9-28H2,1-8H3. The van der Waals surface area contributed by atoms with Crippen LogP contribution in [-0.2, 0) is 16.2 Å². The highest BCUT2D eigenvalue weighted by Gasteiger charge is 2.37. The monoisotopic (exact) mass is 1040 g/mol. The van der Waals surface area contributed by atoms with Crippen LogP contribution in [0.4, 0.5) is 17.1 Å². The van der Waals surface area contributed by atoms with Gasteiger partial charge in [-0.05, 0) is 213 Å². The van der Waals surface area contributed by atoms with Gasteiger partial charge in [0.15, 0.2) is 0 Å². The fourth-order valence-electron chi connectivity index (χ4n) is 16.0. The molecule has 4 fully saturated rings. The van der Waals surface area contributed by atoms with E-state index in [1.165, 1.54) is 217 Å². The molecule has 1 aromatic heterocycles. The molecular formula is C77H90N2.